The Morgan fingerprint density at radius 2 is 1.18 bits per heavy atom. The molecule has 0 aliphatic rings. The second kappa shape index (κ2) is 8.52. The van der Waals surface area contributed by atoms with Crippen LogP contribution in [0.1, 0.15) is 40.0 Å². The van der Waals surface area contributed by atoms with Crippen molar-refractivity contribution in [2.24, 2.45) is 0 Å². The molecule has 0 saturated carbocycles. The van der Waals surface area contributed by atoms with E-state index in [2.05, 4.69) is 32.9 Å². The molecule has 0 radical (unpaired) electrons. The summed E-state index contributed by atoms with van der Waals surface area (Å²) in [6.45, 7) is 8.48. The van der Waals surface area contributed by atoms with E-state index in [1.165, 1.54) is 0 Å². The fraction of sp³-hybridized carbons (Fsp3) is 0.474. The fourth-order valence-electron chi connectivity index (χ4n) is 2.26. The molecule has 0 atom stereocenters. The van der Waals surface area contributed by atoms with E-state index in [-0.39, 0.29) is 0 Å². The van der Waals surface area contributed by atoms with E-state index in [1.807, 2.05) is 18.2 Å². The van der Waals surface area contributed by atoms with Gasteiger partial charge in [0.25, 0.3) is 0 Å². The molecule has 2 aromatic rings. The van der Waals surface area contributed by atoms with Crippen LogP contribution in [-0.4, -0.2) is 19.8 Å². The van der Waals surface area contributed by atoms with Gasteiger partial charge in [-0.1, -0.05) is 20.8 Å². The molecular formula is C19H26O3. The summed E-state index contributed by atoms with van der Waals surface area (Å²) in [5.74, 6) is 2.67. The summed E-state index contributed by atoms with van der Waals surface area (Å²) in [7, 11) is 0. The van der Waals surface area contributed by atoms with E-state index in [0.29, 0.717) is 6.61 Å². The summed E-state index contributed by atoms with van der Waals surface area (Å²) >= 11 is 0. The average molecular weight is 302 g/mol. The van der Waals surface area contributed by atoms with E-state index >= 15 is 0 Å². The summed E-state index contributed by atoms with van der Waals surface area (Å²) in [6, 6.07) is 10.1. The summed E-state index contributed by atoms with van der Waals surface area (Å²) in [6.07, 6.45) is 2.98. The van der Waals surface area contributed by atoms with E-state index in [0.717, 1.165) is 60.5 Å². The fourth-order valence-corrected chi connectivity index (χ4v) is 2.26. The molecule has 2 rings (SSSR count). The third-order valence-electron chi connectivity index (χ3n) is 3.30. The summed E-state index contributed by atoms with van der Waals surface area (Å²) < 4.78 is 17.5. The molecular weight excluding hydrogens is 276 g/mol. The van der Waals surface area contributed by atoms with Gasteiger partial charge in [-0.05, 0) is 49.6 Å². The average Bonchev–Trinajstić information content (AvgIpc) is 2.56. The predicted octanol–water partition coefficient (Wildman–Crippen LogP) is 5.21. The van der Waals surface area contributed by atoms with Crippen LogP contribution >= 0.6 is 0 Å². The molecule has 3 nitrogen and oxygen atoms in total. The van der Waals surface area contributed by atoms with E-state index in [9.17, 15) is 0 Å². The molecule has 0 aliphatic carbocycles. The number of hydrogen-bond acceptors (Lipinski definition) is 3. The van der Waals surface area contributed by atoms with Gasteiger partial charge < -0.3 is 14.2 Å². The van der Waals surface area contributed by atoms with Gasteiger partial charge >= 0.3 is 0 Å². The van der Waals surface area contributed by atoms with Crippen molar-refractivity contribution >= 4 is 10.8 Å². The van der Waals surface area contributed by atoms with Crippen molar-refractivity contribution in [1.29, 1.82) is 0 Å². The molecule has 0 N–H and O–H groups in total. The molecule has 0 saturated heterocycles. The monoisotopic (exact) mass is 302 g/mol. The minimum Gasteiger partial charge on any atom is -0.494 e. The molecule has 0 fully saturated rings. The maximum absolute atomic E-state index is 5.88. The summed E-state index contributed by atoms with van der Waals surface area (Å²) in [5.41, 5.74) is 0. The van der Waals surface area contributed by atoms with E-state index in [1.54, 1.807) is 0 Å². The quantitative estimate of drug-likeness (QED) is 0.636. The van der Waals surface area contributed by atoms with Crippen LogP contribution in [-0.2, 0) is 0 Å². The molecule has 0 unspecified atom stereocenters. The van der Waals surface area contributed by atoms with Crippen LogP contribution in [0.4, 0.5) is 0 Å². The van der Waals surface area contributed by atoms with Gasteiger partial charge in [-0.15, -0.1) is 0 Å². The van der Waals surface area contributed by atoms with Crippen molar-refractivity contribution in [3.8, 4) is 17.2 Å². The van der Waals surface area contributed by atoms with Gasteiger partial charge in [-0.2, -0.15) is 0 Å². The topological polar surface area (TPSA) is 27.7 Å². The Bertz CT molecular complexity index is 592. The highest BCUT2D eigenvalue weighted by Gasteiger charge is 2.09. The predicted molar refractivity (Wildman–Crippen MR) is 91.3 cm³/mol. The lowest BCUT2D eigenvalue weighted by atomic mass is 10.1. The number of benzene rings is 2. The SMILES string of the molecule is CCCOc1ccc2c(OCCC)ccc(OCCC)c2c1. The van der Waals surface area contributed by atoms with Crippen LogP contribution in [0.15, 0.2) is 30.3 Å². The number of rotatable bonds is 9. The second-order valence-corrected chi connectivity index (χ2v) is 5.31. The van der Waals surface area contributed by atoms with Gasteiger partial charge in [0, 0.05) is 10.8 Å². The van der Waals surface area contributed by atoms with Crippen molar-refractivity contribution in [1.82, 2.24) is 0 Å². The van der Waals surface area contributed by atoms with Crippen molar-refractivity contribution in [3.63, 3.8) is 0 Å². The molecule has 0 amide bonds. The molecule has 120 valence electrons. The lowest BCUT2D eigenvalue weighted by Gasteiger charge is -2.14. The first-order valence-electron chi connectivity index (χ1n) is 8.25. The maximum Gasteiger partial charge on any atom is 0.127 e. The largest absolute Gasteiger partial charge is 0.494 e. The molecule has 3 heteroatoms. The zero-order chi connectivity index (χ0) is 15.8. The van der Waals surface area contributed by atoms with Crippen LogP contribution in [0.25, 0.3) is 10.8 Å². The summed E-state index contributed by atoms with van der Waals surface area (Å²) in [4.78, 5) is 0. The van der Waals surface area contributed by atoms with Crippen molar-refractivity contribution in [3.05, 3.63) is 30.3 Å². The first-order chi connectivity index (χ1) is 10.8. The van der Waals surface area contributed by atoms with Crippen LogP contribution in [0.3, 0.4) is 0 Å². The van der Waals surface area contributed by atoms with Gasteiger partial charge in [0.2, 0.25) is 0 Å². The van der Waals surface area contributed by atoms with Crippen LogP contribution < -0.4 is 14.2 Å². The number of hydrogen-bond donors (Lipinski definition) is 0. The Kier molecular flexibility index (Phi) is 6.38. The first-order valence-corrected chi connectivity index (χ1v) is 8.25. The zero-order valence-electron chi connectivity index (χ0n) is 13.9. The lowest BCUT2D eigenvalue weighted by molar-refractivity contribution is 0.312. The molecule has 0 aromatic heterocycles. The van der Waals surface area contributed by atoms with Gasteiger partial charge in [0.15, 0.2) is 0 Å². The number of ether oxygens (including phenoxy) is 3. The first kappa shape index (κ1) is 16.5. The Labute approximate surface area is 133 Å². The zero-order valence-corrected chi connectivity index (χ0v) is 13.9. The molecule has 0 heterocycles. The lowest BCUT2D eigenvalue weighted by Crippen LogP contribution is -2.00. The Morgan fingerprint density at radius 1 is 0.636 bits per heavy atom. The third kappa shape index (κ3) is 4.06. The van der Waals surface area contributed by atoms with E-state index < -0.39 is 0 Å². The minimum atomic E-state index is 0.713. The molecule has 0 aliphatic heterocycles. The Morgan fingerprint density at radius 3 is 1.77 bits per heavy atom. The molecule has 0 spiro atoms. The van der Waals surface area contributed by atoms with Gasteiger partial charge in [0.05, 0.1) is 19.8 Å². The van der Waals surface area contributed by atoms with Crippen LogP contribution in [0, 0.1) is 0 Å². The second-order valence-electron chi connectivity index (χ2n) is 5.31. The van der Waals surface area contributed by atoms with Gasteiger partial charge in [0.1, 0.15) is 17.2 Å². The minimum absolute atomic E-state index is 0.713. The smallest absolute Gasteiger partial charge is 0.127 e. The highest BCUT2D eigenvalue weighted by atomic mass is 16.5. The van der Waals surface area contributed by atoms with Crippen molar-refractivity contribution in [2.75, 3.05) is 19.8 Å². The molecule has 22 heavy (non-hydrogen) atoms. The molecule has 2 aromatic carbocycles. The van der Waals surface area contributed by atoms with Gasteiger partial charge in [-0.3, -0.25) is 0 Å². The third-order valence-corrected chi connectivity index (χ3v) is 3.30. The Balaban J connectivity index is 2.39. The standard InChI is InChI=1S/C19H26O3/c1-4-11-20-15-7-8-16-17(14-15)19(22-13-6-3)10-9-18(16)21-12-5-2/h7-10,14H,4-6,11-13H2,1-3H3. The highest BCUT2D eigenvalue weighted by Crippen LogP contribution is 2.36. The summed E-state index contributed by atoms with van der Waals surface area (Å²) in [5, 5.41) is 2.13. The normalized spacial score (nSPS) is 10.7. The Hall–Kier alpha value is -1.90. The van der Waals surface area contributed by atoms with E-state index in [4.69, 9.17) is 14.2 Å². The molecule has 0 bridgehead atoms. The van der Waals surface area contributed by atoms with Crippen LogP contribution in [0.5, 0.6) is 17.2 Å². The highest BCUT2D eigenvalue weighted by molar-refractivity contribution is 5.94. The number of fused-ring (bicyclic) bond motifs is 1. The van der Waals surface area contributed by atoms with Crippen molar-refractivity contribution < 1.29 is 14.2 Å². The van der Waals surface area contributed by atoms with Gasteiger partial charge in [-0.25, -0.2) is 0 Å². The van der Waals surface area contributed by atoms with Crippen LogP contribution in [0.2, 0.25) is 0 Å². The van der Waals surface area contributed by atoms with Crippen molar-refractivity contribution in [2.45, 2.75) is 40.0 Å². The maximum atomic E-state index is 5.88.